The lowest BCUT2D eigenvalue weighted by molar-refractivity contribution is -0.138. The van der Waals surface area contributed by atoms with Crippen molar-refractivity contribution in [2.45, 2.75) is 26.7 Å². The average Bonchev–Trinajstić information content (AvgIpc) is 2.43. The van der Waals surface area contributed by atoms with Crippen molar-refractivity contribution in [2.24, 2.45) is 11.8 Å². The Morgan fingerprint density at radius 3 is 2.71 bits per heavy atom. The van der Waals surface area contributed by atoms with E-state index in [0.717, 1.165) is 6.42 Å². The van der Waals surface area contributed by atoms with Gasteiger partial charge in [0.25, 0.3) is 5.91 Å². The molecule has 0 aliphatic rings. The molecule has 6 nitrogen and oxygen atoms in total. The molecule has 116 valence electrons. The van der Waals surface area contributed by atoms with Crippen LogP contribution in [0.2, 0.25) is 0 Å². The number of carboxylic acids is 1. The molecule has 2 N–H and O–H groups in total. The Labute approximate surface area is 124 Å². The van der Waals surface area contributed by atoms with E-state index < -0.39 is 5.97 Å². The fourth-order valence-corrected chi connectivity index (χ4v) is 2.21. The van der Waals surface area contributed by atoms with Gasteiger partial charge in [-0.2, -0.15) is 0 Å². The van der Waals surface area contributed by atoms with Crippen molar-refractivity contribution in [3.8, 4) is 5.75 Å². The molecule has 0 radical (unpaired) electrons. The Morgan fingerprint density at radius 1 is 1.43 bits per heavy atom. The van der Waals surface area contributed by atoms with Gasteiger partial charge in [-0.3, -0.25) is 14.6 Å². The largest absolute Gasteiger partial charge is 0.494 e. The third-order valence-electron chi connectivity index (χ3n) is 3.07. The normalized spacial score (nSPS) is 12.0. The smallest absolute Gasteiger partial charge is 0.303 e. The number of carbonyl (C=O) groups excluding carboxylic acids is 1. The standard InChI is InChI=1S/C15H22N2O4/c1-10(2)6-11(7-14(18)19)8-17-15(20)12-4-5-16-9-13(12)21-3/h4-5,9-11H,6-8H2,1-3H3,(H,17,20)(H,18,19). The van der Waals surface area contributed by atoms with Crippen LogP contribution in [-0.2, 0) is 4.79 Å². The second-order valence-electron chi connectivity index (χ2n) is 5.38. The summed E-state index contributed by atoms with van der Waals surface area (Å²) in [5.74, 6) is -0.445. The van der Waals surface area contributed by atoms with Crippen molar-refractivity contribution < 1.29 is 19.4 Å². The highest BCUT2D eigenvalue weighted by Gasteiger charge is 2.18. The summed E-state index contributed by atoms with van der Waals surface area (Å²) in [7, 11) is 1.47. The number of carbonyl (C=O) groups is 2. The van der Waals surface area contributed by atoms with Gasteiger partial charge in [0.2, 0.25) is 0 Å². The van der Waals surface area contributed by atoms with Gasteiger partial charge in [-0.25, -0.2) is 0 Å². The molecule has 0 aliphatic heterocycles. The van der Waals surface area contributed by atoms with E-state index in [1.54, 1.807) is 6.07 Å². The summed E-state index contributed by atoms with van der Waals surface area (Å²) in [4.78, 5) is 26.9. The SMILES string of the molecule is COc1cnccc1C(=O)NCC(CC(=O)O)CC(C)C. The Hall–Kier alpha value is -2.11. The second-order valence-corrected chi connectivity index (χ2v) is 5.38. The van der Waals surface area contributed by atoms with Crippen LogP contribution in [0.5, 0.6) is 5.75 Å². The molecule has 0 bridgehead atoms. The first-order valence-electron chi connectivity index (χ1n) is 6.92. The molecule has 1 heterocycles. The van der Waals surface area contributed by atoms with E-state index >= 15 is 0 Å². The maximum atomic E-state index is 12.1. The van der Waals surface area contributed by atoms with E-state index in [9.17, 15) is 9.59 Å². The predicted molar refractivity (Wildman–Crippen MR) is 78.3 cm³/mol. The third kappa shape index (κ3) is 5.81. The van der Waals surface area contributed by atoms with Crippen molar-refractivity contribution in [3.63, 3.8) is 0 Å². The molecular formula is C15H22N2O4. The molecule has 6 heteroatoms. The van der Waals surface area contributed by atoms with Gasteiger partial charge in [-0.05, 0) is 24.3 Å². The molecule has 0 saturated carbocycles. The van der Waals surface area contributed by atoms with E-state index in [0.29, 0.717) is 23.8 Å². The van der Waals surface area contributed by atoms with Crippen molar-refractivity contribution in [1.82, 2.24) is 10.3 Å². The van der Waals surface area contributed by atoms with Crippen LogP contribution in [0.15, 0.2) is 18.5 Å². The van der Waals surface area contributed by atoms with Gasteiger partial charge >= 0.3 is 5.97 Å². The van der Waals surface area contributed by atoms with Crippen molar-refractivity contribution >= 4 is 11.9 Å². The van der Waals surface area contributed by atoms with Crippen LogP contribution >= 0.6 is 0 Å². The first-order valence-corrected chi connectivity index (χ1v) is 6.92. The number of methoxy groups -OCH3 is 1. The zero-order chi connectivity index (χ0) is 15.8. The van der Waals surface area contributed by atoms with E-state index in [2.05, 4.69) is 10.3 Å². The monoisotopic (exact) mass is 294 g/mol. The van der Waals surface area contributed by atoms with Crippen molar-refractivity contribution in [1.29, 1.82) is 0 Å². The quantitative estimate of drug-likeness (QED) is 0.765. The topological polar surface area (TPSA) is 88.5 Å². The summed E-state index contributed by atoms with van der Waals surface area (Å²) < 4.78 is 5.08. The maximum Gasteiger partial charge on any atom is 0.303 e. The number of rotatable bonds is 8. The molecule has 0 fully saturated rings. The first kappa shape index (κ1) is 16.9. The number of aromatic nitrogens is 1. The molecule has 1 rings (SSSR count). The fourth-order valence-electron chi connectivity index (χ4n) is 2.21. The lowest BCUT2D eigenvalue weighted by atomic mass is 9.94. The lowest BCUT2D eigenvalue weighted by Crippen LogP contribution is -2.31. The Kier molecular flexibility index (Phi) is 6.65. The van der Waals surface area contributed by atoms with Gasteiger partial charge in [-0.1, -0.05) is 13.8 Å². The Morgan fingerprint density at radius 2 is 2.14 bits per heavy atom. The molecule has 0 aromatic carbocycles. The summed E-state index contributed by atoms with van der Waals surface area (Å²) in [6.45, 7) is 4.39. The molecule has 1 atom stereocenters. The van der Waals surface area contributed by atoms with Crippen LogP contribution in [0, 0.1) is 11.8 Å². The molecule has 0 spiro atoms. The number of hydrogen-bond acceptors (Lipinski definition) is 4. The summed E-state index contributed by atoms with van der Waals surface area (Å²) in [6.07, 6.45) is 3.78. The van der Waals surface area contributed by atoms with Gasteiger partial charge < -0.3 is 15.2 Å². The number of ether oxygens (including phenoxy) is 1. The summed E-state index contributed by atoms with van der Waals surface area (Å²) >= 11 is 0. The molecule has 0 saturated heterocycles. The molecule has 1 unspecified atom stereocenters. The maximum absolute atomic E-state index is 12.1. The highest BCUT2D eigenvalue weighted by Crippen LogP contribution is 2.17. The van der Waals surface area contributed by atoms with Crippen LogP contribution in [0.1, 0.15) is 37.0 Å². The van der Waals surface area contributed by atoms with E-state index in [4.69, 9.17) is 9.84 Å². The highest BCUT2D eigenvalue weighted by molar-refractivity contribution is 5.96. The molecule has 21 heavy (non-hydrogen) atoms. The summed E-state index contributed by atoms with van der Waals surface area (Å²) in [6, 6.07) is 1.57. The highest BCUT2D eigenvalue weighted by atomic mass is 16.5. The number of pyridine rings is 1. The van der Waals surface area contributed by atoms with E-state index in [1.807, 2.05) is 13.8 Å². The molecular weight excluding hydrogens is 272 g/mol. The predicted octanol–water partition coefficient (Wildman–Crippen LogP) is 1.96. The van der Waals surface area contributed by atoms with Crippen LogP contribution < -0.4 is 10.1 Å². The summed E-state index contributed by atoms with van der Waals surface area (Å²) in [5, 5.41) is 11.7. The number of aliphatic carboxylic acids is 1. The van der Waals surface area contributed by atoms with Gasteiger partial charge in [0.1, 0.15) is 5.75 Å². The third-order valence-corrected chi connectivity index (χ3v) is 3.07. The van der Waals surface area contributed by atoms with Crippen LogP contribution in [-0.4, -0.2) is 35.6 Å². The van der Waals surface area contributed by atoms with Gasteiger partial charge in [-0.15, -0.1) is 0 Å². The van der Waals surface area contributed by atoms with E-state index in [-0.39, 0.29) is 18.2 Å². The molecule has 1 aromatic heterocycles. The number of nitrogens with zero attached hydrogens (tertiary/aromatic N) is 1. The minimum atomic E-state index is -0.851. The lowest BCUT2D eigenvalue weighted by Gasteiger charge is -2.18. The van der Waals surface area contributed by atoms with Crippen LogP contribution in [0.25, 0.3) is 0 Å². The van der Waals surface area contributed by atoms with Crippen molar-refractivity contribution in [3.05, 3.63) is 24.0 Å². The zero-order valence-electron chi connectivity index (χ0n) is 12.6. The van der Waals surface area contributed by atoms with Gasteiger partial charge in [0.15, 0.2) is 0 Å². The van der Waals surface area contributed by atoms with Crippen LogP contribution in [0.4, 0.5) is 0 Å². The molecule has 0 aliphatic carbocycles. The number of carboxylic acid groups (broad SMARTS) is 1. The first-order chi connectivity index (χ1) is 9.93. The Balaban J connectivity index is 2.66. The van der Waals surface area contributed by atoms with Gasteiger partial charge in [0, 0.05) is 19.2 Å². The van der Waals surface area contributed by atoms with Crippen LogP contribution in [0.3, 0.4) is 0 Å². The molecule has 1 amide bonds. The summed E-state index contributed by atoms with van der Waals surface area (Å²) in [5.41, 5.74) is 0.395. The fraction of sp³-hybridized carbons (Fsp3) is 0.533. The number of hydrogen-bond donors (Lipinski definition) is 2. The van der Waals surface area contributed by atoms with Gasteiger partial charge in [0.05, 0.1) is 18.9 Å². The molecule has 1 aromatic rings. The Bertz CT molecular complexity index is 488. The average molecular weight is 294 g/mol. The minimum Gasteiger partial charge on any atom is -0.494 e. The van der Waals surface area contributed by atoms with Crippen molar-refractivity contribution in [2.75, 3.05) is 13.7 Å². The second kappa shape index (κ2) is 8.24. The number of amides is 1. The minimum absolute atomic E-state index is 0.0476. The van der Waals surface area contributed by atoms with E-state index in [1.165, 1.54) is 19.5 Å². The zero-order valence-corrected chi connectivity index (χ0v) is 12.6. The number of nitrogens with one attached hydrogen (secondary N) is 1.